The number of aliphatic carboxylic acids is 1. The molecule has 0 bridgehead atoms. The first-order valence-electron chi connectivity index (χ1n) is 4.02. The Balaban J connectivity index is 3.44. The number of hydrogen-bond donors (Lipinski definition) is 4. The minimum absolute atomic E-state index is 0.111. The number of nitrogens with two attached hydrogens (primary N) is 2. The molecule has 0 aromatic carbocycles. The van der Waals surface area contributed by atoms with E-state index in [9.17, 15) is 13.2 Å². The summed E-state index contributed by atoms with van der Waals surface area (Å²) in [6, 6.07) is -0.968. The number of rotatable bonds is 7. The van der Waals surface area contributed by atoms with Crippen LogP contribution in [0, 0.1) is 0 Å². The summed E-state index contributed by atoms with van der Waals surface area (Å²) in [7, 11) is -3.43. The molecule has 84 valence electrons. The van der Waals surface area contributed by atoms with E-state index in [4.69, 9.17) is 16.0 Å². The number of primary sulfonamides is 1. The smallest absolute Gasteiger partial charge is 0.321 e. The topological polar surface area (TPSA) is 136 Å². The van der Waals surface area contributed by atoms with Gasteiger partial charge >= 0.3 is 5.97 Å². The molecule has 0 saturated heterocycles. The van der Waals surface area contributed by atoms with Crippen LogP contribution in [0.1, 0.15) is 6.42 Å². The lowest BCUT2D eigenvalue weighted by Crippen LogP contribution is -2.40. The monoisotopic (exact) mass is 225 g/mol. The van der Waals surface area contributed by atoms with Gasteiger partial charge in [0.1, 0.15) is 6.04 Å². The number of hydrogen-bond acceptors (Lipinski definition) is 5. The van der Waals surface area contributed by atoms with Crippen molar-refractivity contribution in [1.29, 1.82) is 0 Å². The predicted octanol–water partition coefficient (Wildman–Crippen LogP) is -2.33. The molecule has 0 rings (SSSR count). The van der Waals surface area contributed by atoms with Gasteiger partial charge in [0, 0.05) is 6.54 Å². The van der Waals surface area contributed by atoms with Crippen LogP contribution in [-0.2, 0) is 14.8 Å². The maximum Gasteiger partial charge on any atom is 0.321 e. The Morgan fingerprint density at radius 2 is 2.07 bits per heavy atom. The van der Waals surface area contributed by atoms with E-state index in [1.165, 1.54) is 0 Å². The second kappa shape index (κ2) is 5.91. The number of carbonyl (C=O) groups is 1. The summed E-state index contributed by atoms with van der Waals surface area (Å²) in [5.74, 6) is -1.22. The van der Waals surface area contributed by atoms with E-state index in [1.54, 1.807) is 0 Å². The van der Waals surface area contributed by atoms with Gasteiger partial charge in [0.15, 0.2) is 0 Å². The summed E-state index contributed by atoms with van der Waals surface area (Å²) in [4.78, 5) is 10.2. The molecule has 0 aromatic rings. The lowest BCUT2D eigenvalue weighted by molar-refractivity contribution is -0.138. The molecule has 0 fully saturated rings. The zero-order chi connectivity index (χ0) is 11.2. The van der Waals surface area contributed by atoms with Gasteiger partial charge < -0.3 is 16.2 Å². The van der Waals surface area contributed by atoms with Crippen LogP contribution >= 0.6 is 0 Å². The fraction of sp³-hybridized carbons (Fsp3) is 0.833. The molecule has 7 nitrogen and oxygen atoms in total. The van der Waals surface area contributed by atoms with Crippen LogP contribution in [0.25, 0.3) is 0 Å². The SMILES string of the molecule is NC(CNCCCS(N)(=O)=O)C(=O)O. The highest BCUT2D eigenvalue weighted by Crippen LogP contribution is 1.83. The third kappa shape index (κ3) is 7.92. The van der Waals surface area contributed by atoms with Crippen LogP contribution in [0.4, 0.5) is 0 Å². The number of carboxylic acids is 1. The summed E-state index contributed by atoms with van der Waals surface area (Å²) in [6.07, 6.45) is 0.338. The van der Waals surface area contributed by atoms with E-state index in [0.717, 1.165) is 0 Å². The summed E-state index contributed by atoms with van der Waals surface area (Å²) in [6.45, 7) is 0.483. The lowest BCUT2D eigenvalue weighted by atomic mass is 10.3. The quantitative estimate of drug-likeness (QED) is 0.359. The van der Waals surface area contributed by atoms with Crippen LogP contribution in [0.15, 0.2) is 0 Å². The summed E-state index contributed by atoms with van der Waals surface area (Å²) in [5.41, 5.74) is 5.18. The van der Waals surface area contributed by atoms with Gasteiger partial charge in [-0.3, -0.25) is 4.79 Å². The van der Waals surface area contributed by atoms with Gasteiger partial charge in [0.25, 0.3) is 0 Å². The zero-order valence-corrected chi connectivity index (χ0v) is 8.46. The third-order valence-electron chi connectivity index (χ3n) is 1.46. The predicted molar refractivity (Wildman–Crippen MR) is 51.1 cm³/mol. The first-order chi connectivity index (χ1) is 6.33. The van der Waals surface area contributed by atoms with Gasteiger partial charge in [-0.15, -0.1) is 0 Å². The number of sulfonamides is 1. The Morgan fingerprint density at radius 3 is 2.50 bits per heavy atom. The number of nitrogens with one attached hydrogen (secondary N) is 1. The van der Waals surface area contributed by atoms with E-state index >= 15 is 0 Å². The van der Waals surface area contributed by atoms with Gasteiger partial charge in [0.2, 0.25) is 10.0 Å². The van der Waals surface area contributed by atoms with Gasteiger partial charge in [-0.1, -0.05) is 0 Å². The van der Waals surface area contributed by atoms with Crippen molar-refractivity contribution >= 4 is 16.0 Å². The number of carboxylic acid groups (broad SMARTS) is 1. The largest absolute Gasteiger partial charge is 0.480 e. The Kier molecular flexibility index (Phi) is 5.62. The summed E-state index contributed by atoms with van der Waals surface area (Å²) in [5, 5.41) is 15.9. The molecule has 0 heterocycles. The fourth-order valence-corrected chi connectivity index (χ4v) is 1.29. The Hall–Kier alpha value is -0.700. The van der Waals surface area contributed by atoms with Crippen molar-refractivity contribution in [1.82, 2.24) is 5.32 Å². The molecule has 0 aromatic heterocycles. The molecule has 0 aliphatic rings. The second-order valence-electron chi connectivity index (χ2n) is 2.87. The van der Waals surface area contributed by atoms with E-state index < -0.39 is 22.0 Å². The van der Waals surface area contributed by atoms with Crippen molar-refractivity contribution < 1.29 is 18.3 Å². The van der Waals surface area contributed by atoms with Crippen molar-refractivity contribution in [2.75, 3.05) is 18.8 Å². The first-order valence-corrected chi connectivity index (χ1v) is 5.74. The molecule has 1 atom stereocenters. The van der Waals surface area contributed by atoms with Crippen LogP contribution in [-0.4, -0.2) is 44.4 Å². The van der Waals surface area contributed by atoms with Gasteiger partial charge in [-0.2, -0.15) is 0 Å². The third-order valence-corrected chi connectivity index (χ3v) is 2.32. The molecule has 0 aliphatic heterocycles. The summed E-state index contributed by atoms with van der Waals surface area (Å²) >= 11 is 0. The van der Waals surface area contributed by atoms with Crippen molar-refractivity contribution in [3.63, 3.8) is 0 Å². The molecular formula is C6H15N3O4S. The van der Waals surface area contributed by atoms with Crippen molar-refractivity contribution in [3.05, 3.63) is 0 Å². The lowest BCUT2D eigenvalue weighted by Gasteiger charge is -2.07. The molecule has 14 heavy (non-hydrogen) atoms. The molecule has 0 amide bonds. The maximum absolute atomic E-state index is 10.5. The average molecular weight is 225 g/mol. The molecule has 0 radical (unpaired) electrons. The van der Waals surface area contributed by atoms with Crippen LogP contribution < -0.4 is 16.2 Å². The molecular weight excluding hydrogens is 210 g/mol. The first kappa shape index (κ1) is 13.3. The molecule has 0 saturated carbocycles. The van der Waals surface area contributed by atoms with Crippen LogP contribution in [0.3, 0.4) is 0 Å². The molecule has 8 heteroatoms. The van der Waals surface area contributed by atoms with Crippen molar-refractivity contribution in [2.45, 2.75) is 12.5 Å². The molecule has 0 spiro atoms. The van der Waals surface area contributed by atoms with Crippen molar-refractivity contribution in [2.24, 2.45) is 10.9 Å². The highest BCUT2D eigenvalue weighted by Gasteiger charge is 2.09. The Bertz CT molecular complexity index is 277. The fourth-order valence-electron chi connectivity index (χ4n) is 0.743. The van der Waals surface area contributed by atoms with Gasteiger partial charge in [-0.05, 0) is 13.0 Å². The Morgan fingerprint density at radius 1 is 1.50 bits per heavy atom. The average Bonchev–Trinajstić information content (AvgIpc) is 2.01. The standard InChI is InChI=1S/C6H15N3O4S/c7-5(6(10)11)4-9-2-1-3-14(8,12)13/h5,9H,1-4,7H2,(H,10,11)(H2,8,12,13). The highest BCUT2D eigenvalue weighted by atomic mass is 32.2. The minimum atomic E-state index is -3.43. The summed E-state index contributed by atoms with van der Waals surface area (Å²) < 4.78 is 20.9. The molecule has 0 aliphatic carbocycles. The van der Waals surface area contributed by atoms with Crippen molar-refractivity contribution in [3.8, 4) is 0 Å². The van der Waals surface area contributed by atoms with E-state index in [2.05, 4.69) is 5.32 Å². The Labute approximate surface area is 82.5 Å². The zero-order valence-electron chi connectivity index (χ0n) is 7.64. The van der Waals surface area contributed by atoms with E-state index in [-0.39, 0.29) is 12.3 Å². The normalized spacial score (nSPS) is 13.9. The second-order valence-corrected chi connectivity index (χ2v) is 4.60. The molecule has 1 unspecified atom stereocenters. The minimum Gasteiger partial charge on any atom is -0.480 e. The van der Waals surface area contributed by atoms with Gasteiger partial charge in [-0.25, -0.2) is 13.6 Å². The van der Waals surface area contributed by atoms with E-state index in [0.29, 0.717) is 13.0 Å². The van der Waals surface area contributed by atoms with E-state index in [1.807, 2.05) is 0 Å². The molecule has 6 N–H and O–H groups in total. The van der Waals surface area contributed by atoms with Crippen LogP contribution in [0.5, 0.6) is 0 Å². The van der Waals surface area contributed by atoms with Crippen LogP contribution in [0.2, 0.25) is 0 Å². The highest BCUT2D eigenvalue weighted by molar-refractivity contribution is 7.89. The maximum atomic E-state index is 10.5. The van der Waals surface area contributed by atoms with Gasteiger partial charge in [0.05, 0.1) is 5.75 Å².